The lowest BCUT2D eigenvalue weighted by Crippen LogP contribution is -2.11. The molecule has 5 nitrogen and oxygen atoms in total. The highest BCUT2D eigenvalue weighted by Crippen LogP contribution is 2.26. The van der Waals surface area contributed by atoms with Crippen molar-refractivity contribution in [3.05, 3.63) is 42.5 Å². The molecule has 0 amide bonds. The molecule has 3 rings (SSSR count). The highest BCUT2D eigenvalue weighted by Gasteiger charge is 2.17. The molecule has 0 aliphatic carbocycles. The van der Waals surface area contributed by atoms with E-state index in [-0.39, 0.29) is 6.23 Å². The van der Waals surface area contributed by atoms with Crippen LogP contribution in [-0.2, 0) is 11.2 Å². The molecule has 1 radical (unpaired) electrons. The Hall–Kier alpha value is -1.98. The van der Waals surface area contributed by atoms with E-state index >= 15 is 0 Å². The zero-order chi connectivity index (χ0) is 14.1. The molecule has 0 spiro atoms. The number of hydrogen-bond acceptors (Lipinski definition) is 4. The molecule has 0 aliphatic rings. The average Bonchev–Trinajstić information content (AvgIpc) is 2.84. The summed E-state index contributed by atoms with van der Waals surface area (Å²) in [5.74, 6) is 0.778. The molecule has 0 saturated carbocycles. The molecule has 0 unspecified atom stereocenters. The molecule has 0 aliphatic heterocycles. The summed E-state index contributed by atoms with van der Waals surface area (Å²) in [7, 11) is 1.65. The molecule has 0 bridgehead atoms. The number of aromatic nitrogens is 3. The van der Waals surface area contributed by atoms with E-state index in [4.69, 9.17) is 4.74 Å². The van der Waals surface area contributed by atoms with Crippen molar-refractivity contribution in [1.29, 1.82) is 0 Å². The standard InChI is InChI=1S/C15H16N3O2/c1-10(19)18-14(7-8-20-2)17-13-9-16-12-6-4-3-5-11(12)15(13)18/h3-6,9,19H,7-8H2,1-2H3. The second-order valence-electron chi connectivity index (χ2n) is 4.66. The summed E-state index contributed by atoms with van der Waals surface area (Å²) >= 11 is 0. The van der Waals surface area contributed by atoms with Gasteiger partial charge < -0.3 is 9.84 Å². The van der Waals surface area contributed by atoms with Gasteiger partial charge in [-0.1, -0.05) is 18.2 Å². The van der Waals surface area contributed by atoms with Crippen molar-refractivity contribution in [3.8, 4) is 0 Å². The van der Waals surface area contributed by atoms with Crippen molar-refractivity contribution >= 4 is 21.9 Å². The molecular weight excluding hydrogens is 254 g/mol. The summed E-state index contributed by atoms with van der Waals surface area (Å²) < 4.78 is 6.88. The minimum atomic E-state index is 0.204. The number of benzene rings is 1. The lowest BCUT2D eigenvalue weighted by atomic mass is 10.2. The molecule has 1 aromatic carbocycles. The van der Waals surface area contributed by atoms with Crippen LogP contribution in [0.1, 0.15) is 12.7 Å². The summed E-state index contributed by atoms with van der Waals surface area (Å²) in [6.07, 6.45) is 2.58. The monoisotopic (exact) mass is 270 g/mol. The summed E-state index contributed by atoms with van der Waals surface area (Å²) in [6, 6.07) is 7.85. The quantitative estimate of drug-likeness (QED) is 0.791. The van der Waals surface area contributed by atoms with E-state index < -0.39 is 0 Å². The van der Waals surface area contributed by atoms with Crippen LogP contribution in [0.15, 0.2) is 30.5 Å². The number of ether oxygens (including phenoxy) is 1. The number of para-hydroxylation sites is 1. The topological polar surface area (TPSA) is 60.2 Å². The highest BCUT2D eigenvalue weighted by molar-refractivity contribution is 6.02. The van der Waals surface area contributed by atoms with Crippen LogP contribution in [0.25, 0.3) is 21.9 Å². The normalized spacial score (nSPS) is 11.8. The van der Waals surface area contributed by atoms with Crippen molar-refractivity contribution in [3.63, 3.8) is 0 Å². The van der Waals surface area contributed by atoms with Crippen molar-refractivity contribution in [2.45, 2.75) is 13.3 Å². The number of rotatable bonds is 4. The molecule has 5 heteroatoms. The third kappa shape index (κ3) is 2.05. The molecule has 0 fully saturated rings. The van der Waals surface area contributed by atoms with Gasteiger partial charge in [-0.25, -0.2) is 4.98 Å². The van der Waals surface area contributed by atoms with Gasteiger partial charge in [-0.05, 0) is 13.0 Å². The maximum atomic E-state index is 10.0. The minimum absolute atomic E-state index is 0.204. The fourth-order valence-electron chi connectivity index (χ4n) is 2.46. The van der Waals surface area contributed by atoms with E-state index in [1.807, 2.05) is 24.3 Å². The first-order valence-corrected chi connectivity index (χ1v) is 6.49. The first-order chi connectivity index (χ1) is 9.72. The van der Waals surface area contributed by atoms with Crippen molar-refractivity contribution < 1.29 is 9.84 Å². The number of pyridine rings is 1. The van der Waals surface area contributed by atoms with E-state index in [0.717, 1.165) is 27.8 Å². The predicted molar refractivity (Wildman–Crippen MR) is 76.9 cm³/mol. The van der Waals surface area contributed by atoms with Gasteiger partial charge in [-0.3, -0.25) is 9.55 Å². The number of nitrogens with zero attached hydrogens (tertiary/aromatic N) is 3. The fraction of sp³-hybridized carbons (Fsp3) is 0.267. The van der Waals surface area contributed by atoms with Crippen LogP contribution in [0.2, 0.25) is 0 Å². The van der Waals surface area contributed by atoms with Gasteiger partial charge in [-0.15, -0.1) is 0 Å². The fourth-order valence-corrected chi connectivity index (χ4v) is 2.46. The summed E-state index contributed by atoms with van der Waals surface area (Å²) in [5.41, 5.74) is 2.56. The Balaban J connectivity index is 2.32. The van der Waals surface area contributed by atoms with Crippen LogP contribution in [0.3, 0.4) is 0 Å². The maximum Gasteiger partial charge on any atom is 0.189 e. The third-order valence-corrected chi connectivity index (χ3v) is 3.31. The molecule has 0 atom stereocenters. The van der Waals surface area contributed by atoms with E-state index in [2.05, 4.69) is 9.97 Å². The second-order valence-corrected chi connectivity index (χ2v) is 4.66. The van der Waals surface area contributed by atoms with Gasteiger partial charge in [0.1, 0.15) is 11.3 Å². The lowest BCUT2D eigenvalue weighted by molar-refractivity contribution is 0.197. The summed E-state index contributed by atoms with van der Waals surface area (Å²) in [6.45, 7) is 2.22. The van der Waals surface area contributed by atoms with Gasteiger partial charge in [-0.2, -0.15) is 0 Å². The van der Waals surface area contributed by atoms with Crippen molar-refractivity contribution in [1.82, 2.24) is 14.5 Å². The third-order valence-electron chi connectivity index (χ3n) is 3.31. The van der Waals surface area contributed by atoms with Crippen LogP contribution in [0.4, 0.5) is 0 Å². The van der Waals surface area contributed by atoms with Gasteiger partial charge in [0, 0.05) is 18.9 Å². The largest absolute Gasteiger partial charge is 0.384 e. The molecular formula is C15H16N3O2. The Morgan fingerprint density at radius 3 is 2.85 bits per heavy atom. The Morgan fingerprint density at radius 2 is 2.10 bits per heavy atom. The van der Waals surface area contributed by atoms with Gasteiger partial charge in [0.15, 0.2) is 6.23 Å². The Morgan fingerprint density at radius 1 is 1.30 bits per heavy atom. The minimum Gasteiger partial charge on any atom is -0.384 e. The Kier molecular flexibility index (Phi) is 3.38. The smallest absolute Gasteiger partial charge is 0.189 e. The number of aliphatic hydroxyl groups is 1. The van der Waals surface area contributed by atoms with E-state index in [9.17, 15) is 5.11 Å². The van der Waals surface area contributed by atoms with E-state index in [1.165, 1.54) is 0 Å². The van der Waals surface area contributed by atoms with Gasteiger partial charge >= 0.3 is 0 Å². The number of hydrogen-bond donors (Lipinski definition) is 1. The number of imidazole rings is 1. The van der Waals surface area contributed by atoms with Crippen molar-refractivity contribution in [2.75, 3.05) is 13.7 Å². The number of methoxy groups -OCH3 is 1. The molecule has 0 saturated heterocycles. The second kappa shape index (κ2) is 5.19. The van der Waals surface area contributed by atoms with Gasteiger partial charge in [0.2, 0.25) is 0 Å². The van der Waals surface area contributed by atoms with Gasteiger partial charge in [0.25, 0.3) is 0 Å². The zero-order valence-corrected chi connectivity index (χ0v) is 11.5. The van der Waals surface area contributed by atoms with Crippen molar-refractivity contribution in [2.24, 2.45) is 0 Å². The average molecular weight is 270 g/mol. The molecule has 20 heavy (non-hydrogen) atoms. The van der Waals surface area contributed by atoms with E-state index in [0.29, 0.717) is 13.0 Å². The Bertz CT molecular complexity index is 749. The van der Waals surface area contributed by atoms with Crippen LogP contribution in [0.5, 0.6) is 0 Å². The molecule has 103 valence electrons. The summed E-state index contributed by atoms with van der Waals surface area (Å²) in [4.78, 5) is 8.97. The predicted octanol–water partition coefficient (Wildman–Crippen LogP) is 2.50. The van der Waals surface area contributed by atoms with Gasteiger partial charge in [0.05, 0.1) is 23.8 Å². The molecule has 2 aromatic heterocycles. The van der Waals surface area contributed by atoms with Crippen LogP contribution < -0.4 is 0 Å². The Labute approximate surface area is 116 Å². The summed E-state index contributed by atoms with van der Waals surface area (Å²) in [5, 5.41) is 11.0. The first-order valence-electron chi connectivity index (χ1n) is 6.49. The lowest BCUT2D eigenvalue weighted by Gasteiger charge is -2.11. The first kappa shape index (κ1) is 13.0. The molecule has 1 N–H and O–H groups in total. The molecule has 3 aromatic rings. The van der Waals surface area contributed by atoms with E-state index in [1.54, 1.807) is 24.8 Å². The molecule has 2 heterocycles. The number of aliphatic hydroxyl groups excluding tert-OH is 1. The van der Waals surface area contributed by atoms with Crippen LogP contribution in [-0.4, -0.2) is 33.4 Å². The maximum absolute atomic E-state index is 10.0. The van der Waals surface area contributed by atoms with Crippen LogP contribution >= 0.6 is 0 Å². The highest BCUT2D eigenvalue weighted by atomic mass is 16.5. The SMILES string of the molecule is COCCc1nc2cnc3ccccc3c2n1[C](C)O. The van der Waals surface area contributed by atoms with Crippen LogP contribution in [0, 0.1) is 6.23 Å². The number of fused-ring (bicyclic) bond motifs is 3. The zero-order valence-electron chi connectivity index (χ0n) is 11.5.